The summed E-state index contributed by atoms with van der Waals surface area (Å²) in [7, 11) is 1.89. The summed E-state index contributed by atoms with van der Waals surface area (Å²) in [5.41, 5.74) is 2.32. The second-order valence-electron chi connectivity index (χ2n) is 6.49. The Labute approximate surface area is 141 Å². The zero-order valence-corrected chi connectivity index (χ0v) is 13.8. The van der Waals surface area contributed by atoms with Crippen LogP contribution in [-0.2, 0) is 24.7 Å². The van der Waals surface area contributed by atoms with Crippen molar-refractivity contribution in [3.05, 3.63) is 41.6 Å². The SMILES string of the molecule is Cn1nc2c(c1NC(=O)[C@@H]1C[C@H](Oc3ccccc3)CN1)CCC2. The summed E-state index contributed by atoms with van der Waals surface area (Å²) in [6, 6.07) is 9.50. The molecule has 4 rings (SSSR count). The molecule has 1 saturated heterocycles. The number of carbonyl (C=O) groups excluding carboxylic acids is 1. The molecule has 2 N–H and O–H groups in total. The lowest BCUT2D eigenvalue weighted by atomic mass is 10.2. The fourth-order valence-corrected chi connectivity index (χ4v) is 3.56. The number of amides is 1. The van der Waals surface area contributed by atoms with Crippen molar-refractivity contribution in [2.45, 2.75) is 37.8 Å². The number of nitrogens with one attached hydrogen (secondary N) is 2. The van der Waals surface area contributed by atoms with Crippen LogP contribution >= 0.6 is 0 Å². The molecule has 0 radical (unpaired) electrons. The van der Waals surface area contributed by atoms with E-state index in [2.05, 4.69) is 15.7 Å². The number of benzene rings is 1. The molecule has 0 bridgehead atoms. The third kappa shape index (κ3) is 2.89. The third-order valence-electron chi connectivity index (χ3n) is 4.76. The molecule has 0 unspecified atom stereocenters. The summed E-state index contributed by atoms with van der Waals surface area (Å²) >= 11 is 0. The number of carbonyl (C=O) groups is 1. The Morgan fingerprint density at radius 3 is 3.00 bits per heavy atom. The number of rotatable bonds is 4. The van der Waals surface area contributed by atoms with Crippen LogP contribution in [0.3, 0.4) is 0 Å². The highest BCUT2D eigenvalue weighted by atomic mass is 16.5. The van der Waals surface area contributed by atoms with Crippen LogP contribution in [0.15, 0.2) is 30.3 Å². The normalized spacial score (nSPS) is 22.4. The van der Waals surface area contributed by atoms with Crippen LogP contribution in [0.4, 0.5) is 5.82 Å². The van der Waals surface area contributed by atoms with Gasteiger partial charge >= 0.3 is 0 Å². The average Bonchev–Trinajstić information content (AvgIpc) is 3.28. The number of hydrogen-bond acceptors (Lipinski definition) is 4. The van der Waals surface area contributed by atoms with E-state index >= 15 is 0 Å². The van der Waals surface area contributed by atoms with Gasteiger partial charge in [0.2, 0.25) is 5.91 Å². The highest BCUT2D eigenvalue weighted by Crippen LogP contribution is 2.28. The molecule has 1 fully saturated rings. The van der Waals surface area contributed by atoms with Crippen molar-refractivity contribution in [3.8, 4) is 5.75 Å². The standard InChI is InChI=1S/C18H22N4O2/c1-22-17(14-8-5-9-15(14)21-22)20-18(23)16-10-13(11-19-16)24-12-6-3-2-4-7-12/h2-4,6-7,13,16,19H,5,8-11H2,1H3,(H,20,23)/t13-,16-/m0/s1. The van der Waals surface area contributed by atoms with Gasteiger partial charge in [-0.15, -0.1) is 0 Å². The van der Waals surface area contributed by atoms with E-state index in [0.717, 1.165) is 36.5 Å². The number of hydrogen-bond donors (Lipinski definition) is 2. The van der Waals surface area contributed by atoms with Gasteiger partial charge in [0.25, 0.3) is 0 Å². The largest absolute Gasteiger partial charge is 0.489 e. The van der Waals surface area contributed by atoms with Crippen molar-refractivity contribution in [2.24, 2.45) is 7.05 Å². The molecule has 1 aliphatic carbocycles. The molecule has 1 aromatic carbocycles. The molecule has 1 aromatic heterocycles. The number of para-hydroxylation sites is 1. The van der Waals surface area contributed by atoms with Crippen molar-refractivity contribution >= 4 is 11.7 Å². The van der Waals surface area contributed by atoms with Gasteiger partial charge in [-0.05, 0) is 31.4 Å². The quantitative estimate of drug-likeness (QED) is 0.897. The minimum absolute atomic E-state index is 0.00754. The molecule has 0 saturated carbocycles. The predicted molar refractivity (Wildman–Crippen MR) is 91.1 cm³/mol. The number of aryl methyl sites for hydroxylation is 2. The highest BCUT2D eigenvalue weighted by Gasteiger charge is 2.32. The lowest BCUT2D eigenvalue weighted by molar-refractivity contribution is -0.118. The van der Waals surface area contributed by atoms with Crippen LogP contribution in [0.5, 0.6) is 5.75 Å². The monoisotopic (exact) mass is 326 g/mol. The van der Waals surface area contributed by atoms with Gasteiger partial charge in [0.1, 0.15) is 17.7 Å². The Morgan fingerprint density at radius 2 is 2.17 bits per heavy atom. The predicted octanol–water partition coefficient (Wildman–Crippen LogP) is 1.66. The molecule has 24 heavy (non-hydrogen) atoms. The first-order valence-electron chi connectivity index (χ1n) is 8.51. The summed E-state index contributed by atoms with van der Waals surface area (Å²) in [4.78, 5) is 12.6. The summed E-state index contributed by atoms with van der Waals surface area (Å²) in [5, 5.41) is 10.8. The lowest BCUT2D eigenvalue weighted by Crippen LogP contribution is -2.36. The first-order chi connectivity index (χ1) is 11.7. The van der Waals surface area contributed by atoms with E-state index in [1.54, 1.807) is 4.68 Å². The van der Waals surface area contributed by atoms with Crippen LogP contribution in [-0.4, -0.2) is 34.4 Å². The fourth-order valence-electron chi connectivity index (χ4n) is 3.56. The Kier molecular flexibility index (Phi) is 3.98. The summed E-state index contributed by atoms with van der Waals surface area (Å²) in [5.74, 6) is 1.68. The fraction of sp³-hybridized carbons (Fsp3) is 0.444. The van der Waals surface area contributed by atoms with Crippen LogP contribution in [0.2, 0.25) is 0 Å². The smallest absolute Gasteiger partial charge is 0.242 e. The minimum Gasteiger partial charge on any atom is -0.489 e. The lowest BCUT2D eigenvalue weighted by Gasteiger charge is -2.14. The van der Waals surface area contributed by atoms with Crippen LogP contribution in [0, 0.1) is 0 Å². The van der Waals surface area contributed by atoms with Crippen LogP contribution < -0.4 is 15.4 Å². The van der Waals surface area contributed by atoms with E-state index in [-0.39, 0.29) is 18.1 Å². The maximum atomic E-state index is 12.6. The third-order valence-corrected chi connectivity index (χ3v) is 4.76. The summed E-state index contributed by atoms with van der Waals surface area (Å²) in [6.45, 7) is 0.677. The second kappa shape index (κ2) is 6.28. The molecular weight excluding hydrogens is 304 g/mol. The molecule has 0 spiro atoms. The van der Waals surface area contributed by atoms with Crippen molar-refractivity contribution in [1.29, 1.82) is 0 Å². The van der Waals surface area contributed by atoms with E-state index in [9.17, 15) is 4.79 Å². The highest BCUT2D eigenvalue weighted by molar-refractivity contribution is 5.95. The van der Waals surface area contributed by atoms with Crippen molar-refractivity contribution in [1.82, 2.24) is 15.1 Å². The van der Waals surface area contributed by atoms with E-state index in [4.69, 9.17) is 4.74 Å². The van der Waals surface area contributed by atoms with Gasteiger partial charge in [0.05, 0.1) is 11.7 Å². The molecule has 6 heteroatoms. The van der Waals surface area contributed by atoms with Gasteiger partial charge in [-0.3, -0.25) is 9.48 Å². The van der Waals surface area contributed by atoms with Gasteiger partial charge in [-0.25, -0.2) is 0 Å². The van der Waals surface area contributed by atoms with Crippen molar-refractivity contribution in [3.63, 3.8) is 0 Å². The Morgan fingerprint density at radius 1 is 1.33 bits per heavy atom. The number of aromatic nitrogens is 2. The Hall–Kier alpha value is -2.34. The van der Waals surface area contributed by atoms with E-state index in [0.29, 0.717) is 13.0 Å². The Bertz CT molecular complexity index is 741. The molecule has 2 aromatic rings. The molecule has 6 nitrogen and oxygen atoms in total. The summed E-state index contributed by atoms with van der Waals surface area (Å²) in [6.07, 6.45) is 3.81. The van der Waals surface area contributed by atoms with Crippen molar-refractivity contribution < 1.29 is 9.53 Å². The van der Waals surface area contributed by atoms with Crippen LogP contribution in [0.25, 0.3) is 0 Å². The van der Waals surface area contributed by atoms with Gasteiger partial charge in [0, 0.05) is 25.6 Å². The second-order valence-corrected chi connectivity index (χ2v) is 6.49. The van der Waals surface area contributed by atoms with Crippen LogP contribution in [0.1, 0.15) is 24.1 Å². The van der Waals surface area contributed by atoms with Gasteiger partial charge in [0.15, 0.2) is 0 Å². The zero-order chi connectivity index (χ0) is 16.5. The number of anilines is 1. The number of fused-ring (bicyclic) bond motifs is 1. The molecule has 2 aliphatic rings. The molecule has 1 amide bonds. The first-order valence-corrected chi connectivity index (χ1v) is 8.51. The molecule has 126 valence electrons. The Balaban J connectivity index is 1.38. The summed E-state index contributed by atoms with van der Waals surface area (Å²) < 4.78 is 7.71. The van der Waals surface area contributed by atoms with E-state index in [1.165, 1.54) is 5.56 Å². The first kappa shape index (κ1) is 15.2. The molecule has 1 aliphatic heterocycles. The van der Waals surface area contributed by atoms with Gasteiger partial charge < -0.3 is 15.4 Å². The average molecular weight is 326 g/mol. The number of nitrogens with zero attached hydrogens (tertiary/aromatic N) is 2. The molecular formula is C18H22N4O2. The topological polar surface area (TPSA) is 68.2 Å². The van der Waals surface area contributed by atoms with Gasteiger partial charge in [-0.1, -0.05) is 18.2 Å². The maximum absolute atomic E-state index is 12.6. The van der Waals surface area contributed by atoms with E-state index < -0.39 is 0 Å². The molecule has 2 heterocycles. The van der Waals surface area contributed by atoms with Crippen molar-refractivity contribution in [2.75, 3.05) is 11.9 Å². The number of ether oxygens (including phenoxy) is 1. The molecule has 2 atom stereocenters. The van der Waals surface area contributed by atoms with Gasteiger partial charge in [-0.2, -0.15) is 5.10 Å². The zero-order valence-electron chi connectivity index (χ0n) is 13.8. The van der Waals surface area contributed by atoms with E-state index in [1.807, 2.05) is 37.4 Å². The maximum Gasteiger partial charge on any atom is 0.242 e. The minimum atomic E-state index is -0.231.